The van der Waals surface area contributed by atoms with E-state index >= 15 is 0 Å². The zero-order valence-corrected chi connectivity index (χ0v) is 10.9. The number of likely N-dealkylation sites (tertiary alicyclic amines) is 1. The summed E-state index contributed by atoms with van der Waals surface area (Å²) in [7, 11) is 0. The summed E-state index contributed by atoms with van der Waals surface area (Å²) in [6.07, 6.45) is 6.60. The molecule has 1 aromatic carbocycles. The SMILES string of the molecule is O=C(c1ccccc1F)N1CCCC1c1cnccn1. The molecule has 4 nitrogen and oxygen atoms in total. The Bertz CT molecular complexity index is 618. The molecule has 0 aliphatic carbocycles. The van der Waals surface area contributed by atoms with Crippen LogP contribution >= 0.6 is 0 Å². The van der Waals surface area contributed by atoms with Gasteiger partial charge in [0, 0.05) is 18.9 Å². The first-order valence-electron chi connectivity index (χ1n) is 6.59. The second-order valence-corrected chi connectivity index (χ2v) is 4.77. The molecule has 20 heavy (non-hydrogen) atoms. The van der Waals surface area contributed by atoms with Crippen LogP contribution in [0.25, 0.3) is 0 Å². The van der Waals surface area contributed by atoms with E-state index in [9.17, 15) is 9.18 Å². The van der Waals surface area contributed by atoms with Gasteiger partial charge in [-0.1, -0.05) is 12.1 Å². The number of aromatic nitrogens is 2. The first-order valence-corrected chi connectivity index (χ1v) is 6.59. The molecule has 0 bridgehead atoms. The number of rotatable bonds is 2. The molecule has 1 unspecified atom stereocenters. The van der Waals surface area contributed by atoms with Crippen molar-refractivity contribution in [3.63, 3.8) is 0 Å². The summed E-state index contributed by atoms with van der Waals surface area (Å²) in [5.74, 6) is -0.765. The topological polar surface area (TPSA) is 46.1 Å². The van der Waals surface area contributed by atoms with Gasteiger partial charge in [0.05, 0.1) is 23.5 Å². The Hall–Kier alpha value is -2.30. The average molecular weight is 271 g/mol. The maximum absolute atomic E-state index is 13.7. The highest BCUT2D eigenvalue weighted by atomic mass is 19.1. The van der Waals surface area contributed by atoms with Gasteiger partial charge in [0.1, 0.15) is 5.82 Å². The third kappa shape index (κ3) is 2.27. The molecule has 5 heteroatoms. The first kappa shape index (κ1) is 12.7. The van der Waals surface area contributed by atoms with Gasteiger partial charge in [-0.05, 0) is 25.0 Å². The van der Waals surface area contributed by atoms with Crippen molar-refractivity contribution in [1.29, 1.82) is 0 Å². The number of carbonyl (C=O) groups is 1. The van der Waals surface area contributed by atoms with Crippen LogP contribution in [0, 0.1) is 5.82 Å². The molecule has 1 saturated heterocycles. The molecule has 1 aliphatic heterocycles. The van der Waals surface area contributed by atoms with Gasteiger partial charge < -0.3 is 4.90 Å². The molecular weight excluding hydrogens is 257 g/mol. The minimum atomic E-state index is -0.484. The standard InChI is InChI=1S/C15H14FN3O/c16-12-5-2-1-4-11(12)15(20)19-9-3-6-14(19)13-10-17-7-8-18-13/h1-2,4-5,7-8,10,14H,3,6,9H2. The predicted octanol–water partition coefficient (Wildman–Crippen LogP) is 2.59. The highest BCUT2D eigenvalue weighted by Gasteiger charge is 2.32. The fourth-order valence-corrected chi connectivity index (χ4v) is 2.59. The van der Waals surface area contributed by atoms with Crippen molar-refractivity contribution < 1.29 is 9.18 Å². The van der Waals surface area contributed by atoms with Gasteiger partial charge >= 0.3 is 0 Å². The van der Waals surface area contributed by atoms with E-state index in [1.165, 1.54) is 12.1 Å². The van der Waals surface area contributed by atoms with E-state index in [0.29, 0.717) is 6.54 Å². The Kier molecular flexibility index (Phi) is 3.41. The van der Waals surface area contributed by atoms with Crippen LogP contribution in [0.5, 0.6) is 0 Å². The second-order valence-electron chi connectivity index (χ2n) is 4.77. The first-order chi connectivity index (χ1) is 9.77. The molecule has 2 heterocycles. The lowest BCUT2D eigenvalue weighted by Gasteiger charge is -2.24. The van der Waals surface area contributed by atoms with E-state index in [-0.39, 0.29) is 17.5 Å². The van der Waals surface area contributed by atoms with Gasteiger partial charge in [0.15, 0.2) is 0 Å². The van der Waals surface area contributed by atoms with Crippen molar-refractivity contribution in [2.75, 3.05) is 6.54 Å². The van der Waals surface area contributed by atoms with Crippen LogP contribution in [0.15, 0.2) is 42.9 Å². The van der Waals surface area contributed by atoms with E-state index in [1.807, 2.05) is 0 Å². The van der Waals surface area contributed by atoms with Crippen LogP contribution in [0.1, 0.15) is 34.9 Å². The zero-order chi connectivity index (χ0) is 13.9. The van der Waals surface area contributed by atoms with Crippen LogP contribution in [-0.2, 0) is 0 Å². The number of halogens is 1. The molecule has 1 atom stereocenters. The zero-order valence-electron chi connectivity index (χ0n) is 10.9. The number of nitrogens with zero attached hydrogens (tertiary/aromatic N) is 3. The van der Waals surface area contributed by atoms with Gasteiger partial charge in [-0.25, -0.2) is 4.39 Å². The van der Waals surface area contributed by atoms with Gasteiger partial charge in [-0.3, -0.25) is 14.8 Å². The Balaban J connectivity index is 1.90. The lowest BCUT2D eigenvalue weighted by molar-refractivity contribution is 0.0728. The van der Waals surface area contributed by atoms with Crippen LogP contribution in [-0.4, -0.2) is 27.3 Å². The third-order valence-corrected chi connectivity index (χ3v) is 3.54. The normalized spacial score (nSPS) is 18.2. The second kappa shape index (κ2) is 5.36. The lowest BCUT2D eigenvalue weighted by Crippen LogP contribution is -2.31. The summed E-state index contributed by atoms with van der Waals surface area (Å²) >= 11 is 0. The van der Waals surface area contributed by atoms with E-state index in [4.69, 9.17) is 0 Å². The highest BCUT2D eigenvalue weighted by molar-refractivity contribution is 5.94. The number of hydrogen-bond donors (Lipinski definition) is 0. The van der Waals surface area contributed by atoms with Crippen LogP contribution in [0.4, 0.5) is 4.39 Å². The monoisotopic (exact) mass is 271 g/mol. The maximum atomic E-state index is 13.7. The number of benzene rings is 1. The summed E-state index contributed by atoms with van der Waals surface area (Å²) in [6.45, 7) is 0.619. The van der Waals surface area contributed by atoms with Crippen molar-refractivity contribution in [1.82, 2.24) is 14.9 Å². The Morgan fingerprint density at radius 2 is 2.15 bits per heavy atom. The quantitative estimate of drug-likeness (QED) is 0.843. The van der Waals surface area contributed by atoms with Crippen LogP contribution in [0.3, 0.4) is 0 Å². The van der Waals surface area contributed by atoms with E-state index in [0.717, 1.165) is 18.5 Å². The lowest BCUT2D eigenvalue weighted by atomic mass is 10.1. The van der Waals surface area contributed by atoms with Crippen molar-refractivity contribution >= 4 is 5.91 Å². The van der Waals surface area contributed by atoms with Gasteiger partial charge in [0.25, 0.3) is 5.91 Å². The molecule has 1 aliphatic rings. The summed E-state index contributed by atoms with van der Waals surface area (Å²) < 4.78 is 13.7. The fourth-order valence-electron chi connectivity index (χ4n) is 2.59. The van der Waals surface area contributed by atoms with Crippen LogP contribution < -0.4 is 0 Å². The minimum absolute atomic E-state index is 0.114. The van der Waals surface area contributed by atoms with E-state index < -0.39 is 5.82 Å². The van der Waals surface area contributed by atoms with Gasteiger partial charge in [0.2, 0.25) is 0 Å². The smallest absolute Gasteiger partial charge is 0.257 e. The van der Waals surface area contributed by atoms with Crippen LogP contribution in [0.2, 0.25) is 0 Å². The summed E-state index contributed by atoms with van der Waals surface area (Å²) in [5, 5.41) is 0. The summed E-state index contributed by atoms with van der Waals surface area (Å²) in [4.78, 5) is 22.5. The molecular formula is C15H14FN3O. The average Bonchev–Trinajstić information content (AvgIpc) is 2.97. The Morgan fingerprint density at radius 3 is 2.90 bits per heavy atom. The maximum Gasteiger partial charge on any atom is 0.257 e. The van der Waals surface area contributed by atoms with E-state index in [2.05, 4.69) is 9.97 Å². The molecule has 2 aromatic rings. The molecule has 0 saturated carbocycles. The molecule has 0 N–H and O–H groups in total. The fraction of sp³-hybridized carbons (Fsp3) is 0.267. The highest BCUT2D eigenvalue weighted by Crippen LogP contribution is 2.31. The van der Waals surface area contributed by atoms with Crippen molar-refractivity contribution in [3.8, 4) is 0 Å². The largest absolute Gasteiger partial charge is 0.330 e. The Morgan fingerprint density at radius 1 is 1.30 bits per heavy atom. The minimum Gasteiger partial charge on any atom is -0.330 e. The van der Waals surface area contributed by atoms with E-state index in [1.54, 1.807) is 35.6 Å². The summed E-state index contributed by atoms with van der Waals surface area (Å²) in [5.41, 5.74) is 0.873. The Labute approximate surface area is 116 Å². The van der Waals surface area contributed by atoms with Crippen molar-refractivity contribution in [3.05, 3.63) is 59.9 Å². The molecule has 0 radical (unpaired) electrons. The number of carbonyl (C=O) groups excluding carboxylic acids is 1. The molecule has 0 spiro atoms. The van der Waals surface area contributed by atoms with Gasteiger partial charge in [-0.15, -0.1) is 0 Å². The molecule has 102 valence electrons. The molecule has 1 fully saturated rings. The molecule has 3 rings (SSSR count). The third-order valence-electron chi connectivity index (χ3n) is 3.54. The van der Waals surface area contributed by atoms with Gasteiger partial charge in [-0.2, -0.15) is 0 Å². The number of amides is 1. The summed E-state index contributed by atoms with van der Waals surface area (Å²) in [6, 6.07) is 5.96. The predicted molar refractivity (Wildman–Crippen MR) is 71.4 cm³/mol. The van der Waals surface area contributed by atoms with Crippen molar-refractivity contribution in [2.45, 2.75) is 18.9 Å². The number of hydrogen-bond acceptors (Lipinski definition) is 3. The molecule has 1 amide bonds. The van der Waals surface area contributed by atoms with Crippen molar-refractivity contribution in [2.24, 2.45) is 0 Å². The molecule has 1 aromatic heterocycles.